The van der Waals surface area contributed by atoms with Crippen molar-refractivity contribution < 1.29 is 17.9 Å². The van der Waals surface area contributed by atoms with Gasteiger partial charge in [-0.05, 0) is 24.6 Å². The molecule has 0 aliphatic carbocycles. The number of halogens is 3. The average molecular weight is 427 g/mol. The summed E-state index contributed by atoms with van der Waals surface area (Å²) < 4.78 is 43.3. The van der Waals surface area contributed by atoms with Crippen LogP contribution in [0.2, 0.25) is 0 Å². The van der Waals surface area contributed by atoms with Gasteiger partial charge in [0.2, 0.25) is 0 Å². The summed E-state index contributed by atoms with van der Waals surface area (Å²) in [5.41, 5.74) is 1.35. The van der Waals surface area contributed by atoms with Crippen molar-refractivity contribution in [3.8, 4) is 0 Å². The molecule has 0 bridgehead atoms. The number of benzene rings is 1. The van der Waals surface area contributed by atoms with Gasteiger partial charge in [-0.15, -0.1) is 11.3 Å². The zero-order valence-electron chi connectivity index (χ0n) is 16.1. The molecule has 6 nitrogen and oxygen atoms in total. The van der Waals surface area contributed by atoms with Crippen molar-refractivity contribution in [1.82, 2.24) is 15.6 Å². The Morgan fingerprint density at radius 2 is 1.93 bits per heavy atom. The number of morpholine rings is 1. The molecule has 3 rings (SSSR count). The smallest absolute Gasteiger partial charge is 0.378 e. The van der Waals surface area contributed by atoms with E-state index < -0.39 is 11.9 Å². The molecule has 29 heavy (non-hydrogen) atoms. The number of ether oxygens (including phenoxy) is 1. The summed E-state index contributed by atoms with van der Waals surface area (Å²) in [5, 5.41) is 7.51. The summed E-state index contributed by atoms with van der Waals surface area (Å²) in [6, 6.07) is 8.22. The van der Waals surface area contributed by atoms with Crippen LogP contribution in [0.1, 0.15) is 23.2 Å². The fraction of sp³-hybridized carbons (Fsp3) is 0.474. The minimum Gasteiger partial charge on any atom is -0.378 e. The van der Waals surface area contributed by atoms with Gasteiger partial charge in [0.1, 0.15) is 5.01 Å². The van der Waals surface area contributed by atoms with Crippen molar-refractivity contribution in [2.75, 3.05) is 37.7 Å². The average Bonchev–Trinajstić information content (AvgIpc) is 3.21. The van der Waals surface area contributed by atoms with Crippen LogP contribution in [0.3, 0.4) is 0 Å². The van der Waals surface area contributed by atoms with E-state index >= 15 is 0 Å². The van der Waals surface area contributed by atoms with Gasteiger partial charge in [0, 0.05) is 30.7 Å². The molecule has 1 aromatic heterocycles. The van der Waals surface area contributed by atoms with Crippen LogP contribution in [0, 0.1) is 0 Å². The Morgan fingerprint density at radius 1 is 1.21 bits per heavy atom. The van der Waals surface area contributed by atoms with Crippen LogP contribution in [0.15, 0.2) is 34.6 Å². The second-order valence-electron chi connectivity index (χ2n) is 6.44. The van der Waals surface area contributed by atoms with Gasteiger partial charge in [0.05, 0.1) is 26.3 Å². The molecule has 0 saturated carbocycles. The lowest BCUT2D eigenvalue weighted by atomic mass is 10.2. The summed E-state index contributed by atoms with van der Waals surface area (Å²) >= 11 is 0.976. The highest BCUT2D eigenvalue weighted by atomic mass is 32.1. The first kappa shape index (κ1) is 21.4. The summed E-state index contributed by atoms with van der Waals surface area (Å²) in [5.74, 6) is 0.536. The molecule has 1 aliphatic rings. The van der Waals surface area contributed by atoms with E-state index in [1.165, 1.54) is 0 Å². The third kappa shape index (κ3) is 6.33. The van der Waals surface area contributed by atoms with E-state index in [9.17, 15) is 13.2 Å². The molecule has 0 atom stereocenters. The Bertz CT molecular complexity index is 801. The van der Waals surface area contributed by atoms with Gasteiger partial charge in [-0.2, -0.15) is 13.2 Å². The minimum absolute atomic E-state index is 0.183. The number of anilines is 1. The number of aromatic nitrogens is 1. The van der Waals surface area contributed by atoms with Gasteiger partial charge in [-0.3, -0.25) is 0 Å². The van der Waals surface area contributed by atoms with Gasteiger partial charge >= 0.3 is 6.18 Å². The summed E-state index contributed by atoms with van der Waals surface area (Å²) in [7, 11) is 0. The molecule has 10 heteroatoms. The third-order valence-electron chi connectivity index (χ3n) is 4.33. The monoisotopic (exact) mass is 427 g/mol. The number of nitrogens with zero attached hydrogens (tertiary/aromatic N) is 3. The Labute approximate surface area is 171 Å². The molecule has 2 N–H and O–H groups in total. The summed E-state index contributed by atoms with van der Waals surface area (Å²) in [4.78, 5) is 10.4. The van der Waals surface area contributed by atoms with Gasteiger partial charge in [-0.1, -0.05) is 12.1 Å². The number of aliphatic imine (C=N–C) groups is 1. The predicted molar refractivity (Wildman–Crippen MR) is 108 cm³/mol. The Kier molecular flexibility index (Phi) is 7.32. The van der Waals surface area contributed by atoms with E-state index in [2.05, 4.69) is 37.6 Å². The minimum atomic E-state index is -4.42. The lowest BCUT2D eigenvalue weighted by molar-refractivity contribution is -0.140. The second-order valence-corrected chi connectivity index (χ2v) is 7.38. The normalized spacial score (nSPS) is 15.4. The molecule has 158 valence electrons. The molecule has 2 heterocycles. The van der Waals surface area contributed by atoms with Gasteiger partial charge in [0.25, 0.3) is 0 Å². The first-order valence-corrected chi connectivity index (χ1v) is 10.3. The van der Waals surface area contributed by atoms with Crippen LogP contribution in [0.4, 0.5) is 18.9 Å². The molecule has 0 amide bonds. The first-order chi connectivity index (χ1) is 14.0. The Hall–Kier alpha value is -2.33. The van der Waals surface area contributed by atoms with Crippen LogP contribution in [0.25, 0.3) is 0 Å². The number of guanidine groups is 1. The molecule has 2 aromatic rings. The highest BCUT2D eigenvalue weighted by molar-refractivity contribution is 7.09. The van der Waals surface area contributed by atoms with Gasteiger partial charge < -0.3 is 20.3 Å². The molecule has 1 fully saturated rings. The second kappa shape index (κ2) is 9.93. The molecule has 1 aromatic carbocycles. The van der Waals surface area contributed by atoms with Crippen molar-refractivity contribution in [2.24, 2.45) is 4.99 Å². The maximum absolute atomic E-state index is 12.7. The number of thiazole rings is 1. The quantitative estimate of drug-likeness (QED) is 0.548. The van der Waals surface area contributed by atoms with E-state index in [1.54, 1.807) is 0 Å². The summed E-state index contributed by atoms with van der Waals surface area (Å²) in [6.45, 7) is 6.48. The predicted octanol–water partition coefficient (Wildman–Crippen LogP) is 3.25. The van der Waals surface area contributed by atoms with E-state index in [4.69, 9.17) is 4.74 Å². The topological polar surface area (TPSA) is 61.8 Å². The van der Waals surface area contributed by atoms with E-state index in [0.29, 0.717) is 24.1 Å². The maximum Gasteiger partial charge on any atom is 0.434 e. The van der Waals surface area contributed by atoms with Crippen LogP contribution >= 0.6 is 11.3 Å². The van der Waals surface area contributed by atoms with Crippen molar-refractivity contribution in [2.45, 2.75) is 26.2 Å². The number of rotatable bonds is 6. The highest BCUT2D eigenvalue weighted by Gasteiger charge is 2.33. The lowest BCUT2D eigenvalue weighted by Crippen LogP contribution is -2.36. The number of nitrogens with one attached hydrogen (secondary N) is 2. The van der Waals surface area contributed by atoms with Crippen LogP contribution < -0.4 is 15.5 Å². The highest BCUT2D eigenvalue weighted by Crippen LogP contribution is 2.29. The molecule has 0 unspecified atom stereocenters. The number of alkyl halides is 3. The maximum atomic E-state index is 12.7. The van der Waals surface area contributed by atoms with Crippen LogP contribution in [-0.2, 0) is 24.0 Å². The van der Waals surface area contributed by atoms with Crippen LogP contribution in [-0.4, -0.2) is 43.8 Å². The zero-order valence-corrected chi connectivity index (χ0v) is 16.9. The number of hydrogen-bond donors (Lipinski definition) is 2. The van der Waals surface area contributed by atoms with Crippen molar-refractivity contribution in [1.29, 1.82) is 0 Å². The molecule has 0 radical (unpaired) electrons. The first-order valence-electron chi connectivity index (χ1n) is 9.41. The zero-order chi connectivity index (χ0) is 20.7. The largest absolute Gasteiger partial charge is 0.434 e. The van der Waals surface area contributed by atoms with E-state index in [0.717, 1.165) is 54.3 Å². The lowest BCUT2D eigenvalue weighted by Gasteiger charge is -2.28. The van der Waals surface area contributed by atoms with E-state index in [-0.39, 0.29) is 6.54 Å². The molecular formula is C19H24F3N5OS. The molecule has 1 aliphatic heterocycles. The molecule has 0 spiro atoms. The molecule has 1 saturated heterocycles. The third-order valence-corrected chi connectivity index (χ3v) is 5.17. The Balaban J connectivity index is 1.56. The standard InChI is InChI=1S/C19H24F3N5OS/c1-2-23-18(25-12-17-26-16(13-29-17)19(20,21)22)24-11-14-3-5-15(6-4-14)27-7-9-28-10-8-27/h3-6,13H,2,7-12H2,1H3,(H2,23,24,25). The van der Waals surface area contributed by atoms with Crippen molar-refractivity contribution in [3.05, 3.63) is 45.9 Å². The number of hydrogen-bond acceptors (Lipinski definition) is 5. The Morgan fingerprint density at radius 3 is 2.55 bits per heavy atom. The fourth-order valence-corrected chi connectivity index (χ4v) is 3.57. The summed E-state index contributed by atoms with van der Waals surface area (Å²) in [6.07, 6.45) is -4.42. The van der Waals surface area contributed by atoms with Crippen molar-refractivity contribution >= 4 is 23.0 Å². The van der Waals surface area contributed by atoms with Crippen LogP contribution in [0.5, 0.6) is 0 Å². The van der Waals surface area contributed by atoms with Gasteiger partial charge in [0.15, 0.2) is 11.7 Å². The molecular weight excluding hydrogens is 403 g/mol. The SMILES string of the molecule is CCNC(=NCc1ccc(N2CCOCC2)cc1)NCc1nc(C(F)(F)F)cs1. The van der Waals surface area contributed by atoms with Gasteiger partial charge in [-0.25, -0.2) is 9.98 Å². The van der Waals surface area contributed by atoms with Crippen molar-refractivity contribution in [3.63, 3.8) is 0 Å². The van der Waals surface area contributed by atoms with E-state index in [1.807, 2.05) is 19.1 Å². The fourth-order valence-electron chi connectivity index (χ4n) is 2.83.